The number of allylic oxidation sites excluding steroid dienone is 1. The summed E-state index contributed by atoms with van der Waals surface area (Å²) in [7, 11) is 4.04. The van der Waals surface area contributed by atoms with Gasteiger partial charge in [0, 0.05) is 37.4 Å². The first-order valence-electron chi connectivity index (χ1n) is 12.7. The zero-order valence-corrected chi connectivity index (χ0v) is 22.0. The number of nitrogens with one attached hydrogen (secondary N) is 2. The summed E-state index contributed by atoms with van der Waals surface area (Å²) in [6.07, 6.45) is 6.76. The van der Waals surface area contributed by atoms with Gasteiger partial charge in [-0.05, 0) is 74.8 Å². The maximum absolute atomic E-state index is 13.0. The maximum Gasteiger partial charge on any atom is 0.254 e. The van der Waals surface area contributed by atoms with Crippen LogP contribution < -0.4 is 10.6 Å². The molecule has 2 N–H and O–H groups in total. The van der Waals surface area contributed by atoms with E-state index in [-0.39, 0.29) is 11.8 Å². The zero-order valence-electron chi connectivity index (χ0n) is 22.0. The minimum atomic E-state index is -0.0906. The molecule has 8 heteroatoms. The van der Waals surface area contributed by atoms with Crippen LogP contribution in [0.1, 0.15) is 34.8 Å². The molecule has 192 valence electrons. The number of nitrogens with zero attached hydrogens (tertiary/aromatic N) is 4. The molecule has 37 heavy (non-hydrogen) atoms. The molecule has 1 saturated heterocycles. The summed E-state index contributed by atoms with van der Waals surface area (Å²) in [4.78, 5) is 20.0. The Morgan fingerprint density at radius 1 is 1.32 bits per heavy atom. The summed E-state index contributed by atoms with van der Waals surface area (Å²) in [6.45, 7) is 10.9. The van der Waals surface area contributed by atoms with Gasteiger partial charge in [-0.3, -0.25) is 4.79 Å². The van der Waals surface area contributed by atoms with Crippen LogP contribution >= 0.6 is 0 Å². The molecule has 2 aliphatic heterocycles. The van der Waals surface area contributed by atoms with Crippen LogP contribution in [0.4, 0.5) is 5.69 Å². The third-order valence-electron chi connectivity index (χ3n) is 6.97. The quantitative estimate of drug-likeness (QED) is 0.449. The number of carbonyl (C=O) groups is 1. The van der Waals surface area contributed by atoms with E-state index in [9.17, 15) is 4.79 Å². The summed E-state index contributed by atoms with van der Waals surface area (Å²) in [5.74, 6) is 0.867. The number of pyridine rings is 1. The molecule has 3 aromatic rings. The number of benzene rings is 1. The highest BCUT2D eigenvalue weighted by Gasteiger charge is 2.28. The Morgan fingerprint density at radius 3 is 2.89 bits per heavy atom. The summed E-state index contributed by atoms with van der Waals surface area (Å²) in [6, 6.07) is 8.17. The van der Waals surface area contributed by atoms with E-state index in [0.29, 0.717) is 31.1 Å². The Morgan fingerprint density at radius 2 is 2.16 bits per heavy atom. The van der Waals surface area contributed by atoms with Gasteiger partial charge in [-0.25, -0.2) is 9.51 Å². The first kappa shape index (κ1) is 24.9. The molecule has 4 heterocycles. The van der Waals surface area contributed by atoms with Crippen LogP contribution in [-0.4, -0.2) is 60.0 Å². The van der Waals surface area contributed by atoms with Crippen LogP contribution in [-0.2, 0) is 11.3 Å². The lowest BCUT2D eigenvalue weighted by Gasteiger charge is -2.20. The van der Waals surface area contributed by atoms with Gasteiger partial charge < -0.3 is 20.3 Å². The molecule has 2 aliphatic rings. The van der Waals surface area contributed by atoms with E-state index in [1.807, 2.05) is 57.0 Å². The minimum absolute atomic E-state index is 0.0906. The summed E-state index contributed by atoms with van der Waals surface area (Å²) >= 11 is 0. The van der Waals surface area contributed by atoms with Gasteiger partial charge in [0.25, 0.3) is 5.91 Å². The van der Waals surface area contributed by atoms with Gasteiger partial charge in [-0.15, -0.1) is 0 Å². The van der Waals surface area contributed by atoms with Gasteiger partial charge in [-0.1, -0.05) is 18.7 Å². The topological polar surface area (TPSA) is 83.3 Å². The van der Waals surface area contributed by atoms with Crippen molar-refractivity contribution in [1.29, 1.82) is 0 Å². The van der Waals surface area contributed by atoms with Gasteiger partial charge in [0.05, 0.1) is 35.3 Å². The van der Waals surface area contributed by atoms with Crippen molar-refractivity contribution >= 4 is 22.8 Å². The molecule has 0 spiro atoms. The molecule has 0 saturated carbocycles. The molecule has 2 aromatic heterocycles. The number of fused-ring (bicyclic) bond motifs is 2. The molecule has 8 nitrogen and oxygen atoms in total. The van der Waals surface area contributed by atoms with E-state index in [1.165, 1.54) is 0 Å². The van der Waals surface area contributed by atoms with E-state index in [1.54, 1.807) is 0 Å². The minimum Gasteiger partial charge on any atom is -0.381 e. The Balaban J connectivity index is 1.50. The fourth-order valence-corrected chi connectivity index (χ4v) is 5.00. The van der Waals surface area contributed by atoms with Crippen molar-refractivity contribution in [2.45, 2.75) is 26.8 Å². The van der Waals surface area contributed by atoms with E-state index >= 15 is 0 Å². The molecule has 1 amide bonds. The van der Waals surface area contributed by atoms with E-state index < -0.39 is 0 Å². The first-order valence-corrected chi connectivity index (χ1v) is 12.7. The van der Waals surface area contributed by atoms with Crippen LogP contribution in [0.15, 0.2) is 65.7 Å². The second-order valence-corrected chi connectivity index (χ2v) is 9.97. The second kappa shape index (κ2) is 10.3. The van der Waals surface area contributed by atoms with Gasteiger partial charge in [-0.2, -0.15) is 5.10 Å². The van der Waals surface area contributed by atoms with Crippen molar-refractivity contribution in [2.24, 2.45) is 10.9 Å². The van der Waals surface area contributed by atoms with Crippen LogP contribution in [0, 0.1) is 12.8 Å². The number of aliphatic imine (C=N–C) groups is 1. The molecular formula is C29H34N6O2. The monoisotopic (exact) mass is 498 g/mol. The Labute approximate surface area is 217 Å². The largest absolute Gasteiger partial charge is 0.381 e. The number of aromatic nitrogens is 2. The lowest BCUT2D eigenvalue weighted by atomic mass is 9.95. The average molecular weight is 499 g/mol. The maximum atomic E-state index is 13.0. The fourth-order valence-electron chi connectivity index (χ4n) is 5.00. The molecule has 0 bridgehead atoms. The first-order chi connectivity index (χ1) is 17.9. The fraction of sp³-hybridized carbons (Fsp3) is 0.345. The van der Waals surface area contributed by atoms with Crippen LogP contribution in [0.5, 0.6) is 0 Å². The lowest BCUT2D eigenvalue weighted by Crippen LogP contribution is -2.26. The number of carbonyl (C=O) groups excluding carboxylic acids is 1. The standard InChI is InChI=1S/C29H34N6O2/c1-6-27(33-25(16-34(4)5)19(3)20-11-12-37-17-20)32-24-9-8-21(23-13-30-29(36)28(23)24)22-14-31-35-15-18(2)7-10-26(22)35/h6-10,14-15,20,32H,3,11-13,16-17H2,1-2,4-5H3,(H,30,36)/b27-6-,33-25?/t20-/m0/s1. The van der Waals surface area contributed by atoms with Crippen molar-refractivity contribution in [2.75, 3.05) is 39.2 Å². The number of anilines is 1. The van der Waals surface area contributed by atoms with Crippen LogP contribution in [0.25, 0.3) is 16.6 Å². The molecule has 1 atom stereocenters. The lowest BCUT2D eigenvalue weighted by molar-refractivity contribution is 0.0966. The smallest absolute Gasteiger partial charge is 0.254 e. The highest BCUT2D eigenvalue weighted by Crippen LogP contribution is 2.36. The van der Waals surface area contributed by atoms with Crippen LogP contribution in [0.2, 0.25) is 0 Å². The normalized spacial score (nSPS) is 18.0. The Bertz CT molecular complexity index is 1430. The number of ether oxygens (including phenoxy) is 1. The van der Waals surface area contributed by atoms with E-state index in [4.69, 9.17) is 9.73 Å². The van der Waals surface area contributed by atoms with Gasteiger partial charge in [0.1, 0.15) is 5.82 Å². The number of hydrogen-bond acceptors (Lipinski definition) is 6. The summed E-state index contributed by atoms with van der Waals surface area (Å²) in [5, 5.41) is 11.0. The Hall–Kier alpha value is -3.75. The third-order valence-corrected chi connectivity index (χ3v) is 6.97. The SMILES string of the molecule is C=C(C(CN(C)C)=N/C(=C\C)Nc1ccc(-c2cnn3cc(C)ccc23)c2c1C(=O)NC2)[C@H]1CCOC1. The van der Waals surface area contributed by atoms with E-state index in [2.05, 4.69) is 45.4 Å². The Kier molecular flexibility index (Phi) is 6.95. The van der Waals surface area contributed by atoms with E-state index in [0.717, 1.165) is 57.8 Å². The van der Waals surface area contributed by atoms with Gasteiger partial charge in [0.15, 0.2) is 0 Å². The highest BCUT2D eigenvalue weighted by atomic mass is 16.5. The zero-order chi connectivity index (χ0) is 26.1. The predicted octanol–water partition coefficient (Wildman–Crippen LogP) is 4.42. The van der Waals surface area contributed by atoms with Crippen molar-refractivity contribution in [3.05, 3.63) is 77.4 Å². The van der Waals surface area contributed by atoms with Crippen LogP contribution in [0.3, 0.4) is 0 Å². The molecule has 0 unspecified atom stereocenters. The number of rotatable bonds is 8. The van der Waals surface area contributed by atoms with Gasteiger partial charge in [0.2, 0.25) is 0 Å². The number of aryl methyl sites for hydroxylation is 1. The highest BCUT2D eigenvalue weighted by molar-refractivity contribution is 6.07. The van der Waals surface area contributed by atoms with Crippen molar-refractivity contribution in [1.82, 2.24) is 19.8 Å². The summed E-state index contributed by atoms with van der Waals surface area (Å²) in [5.41, 5.74) is 8.43. The average Bonchev–Trinajstić information content (AvgIpc) is 3.63. The second-order valence-electron chi connectivity index (χ2n) is 9.97. The molecular weight excluding hydrogens is 464 g/mol. The molecule has 1 fully saturated rings. The molecule has 0 radical (unpaired) electrons. The molecule has 0 aliphatic carbocycles. The molecule has 5 rings (SSSR count). The summed E-state index contributed by atoms with van der Waals surface area (Å²) < 4.78 is 7.47. The predicted molar refractivity (Wildman–Crippen MR) is 148 cm³/mol. The number of hydrogen-bond donors (Lipinski definition) is 2. The van der Waals surface area contributed by atoms with Crippen molar-refractivity contribution in [3.8, 4) is 11.1 Å². The van der Waals surface area contributed by atoms with Gasteiger partial charge >= 0.3 is 0 Å². The van der Waals surface area contributed by atoms with Crippen molar-refractivity contribution in [3.63, 3.8) is 0 Å². The number of amides is 1. The molecule has 1 aromatic carbocycles. The van der Waals surface area contributed by atoms with Crippen molar-refractivity contribution < 1.29 is 9.53 Å². The third kappa shape index (κ3) is 4.95.